The third-order valence-corrected chi connectivity index (χ3v) is 4.18. The van der Waals surface area contributed by atoms with Crippen LogP contribution >= 0.6 is 0 Å². The summed E-state index contributed by atoms with van der Waals surface area (Å²) in [6.07, 6.45) is 0.0903. The molecule has 3 aromatic carbocycles. The van der Waals surface area contributed by atoms with E-state index in [4.69, 9.17) is 10.5 Å². The van der Waals surface area contributed by atoms with Crippen LogP contribution in [0.2, 0.25) is 0 Å². The van der Waals surface area contributed by atoms with Crippen molar-refractivity contribution in [1.82, 2.24) is 0 Å². The number of nitrogens with one attached hydrogen (secondary N) is 1. The van der Waals surface area contributed by atoms with Gasteiger partial charge in [-0.25, -0.2) is 4.79 Å². The summed E-state index contributed by atoms with van der Waals surface area (Å²) in [6, 6.07) is 22.1. The second kappa shape index (κ2) is 8.19. The number of carbonyl (C=O) groups excluding carboxylic acids is 2. The van der Waals surface area contributed by atoms with Crippen LogP contribution in [0.3, 0.4) is 0 Å². The first-order valence-corrected chi connectivity index (χ1v) is 8.64. The van der Waals surface area contributed by atoms with Crippen LogP contribution in [-0.2, 0) is 6.42 Å². The number of hydrogen-bond acceptors (Lipinski definition) is 3. The fraction of sp³-hybridized carbons (Fsp3) is 0.0909. The molecule has 0 bridgehead atoms. The van der Waals surface area contributed by atoms with Crippen molar-refractivity contribution >= 4 is 17.7 Å². The van der Waals surface area contributed by atoms with Crippen molar-refractivity contribution in [2.75, 3.05) is 5.32 Å². The van der Waals surface area contributed by atoms with E-state index in [9.17, 15) is 9.59 Å². The maximum Gasteiger partial charge on any atom is 0.409 e. The molecule has 0 fully saturated rings. The lowest BCUT2D eigenvalue weighted by molar-refractivity contribution is 0.102. The molecule has 3 rings (SSSR count). The van der Waals surface area contributed by atoms with Gasteiger partial charge >= 0.3 is 6.09 Å². The van der Waals surface area contributed by atoms with E-state index in [0.717, 1.165) is 17.5 Å². The van der Waals surface area contributed by atoms with Crippen molar-refractivity contribution in [3.8, 4) is 16.9 Å². The van der Waals surface area contributed by atoms with Crippen LogP contribution in [0.25, 0.3) is 11.1 Å². The highest BCUT2D eigenvalue weighted by atomic mass is 16.5. The van der Waals surface area contributed by atoms with E-state index in [1.165, 1.54) is 5.56 Å². The summed E-state index contributed by atoms with van der Waals surface area (Å²) in [4.78, 5) is 23.5. The van der Waals surface area contributed by atoms with Crippen LogP contribution in [-0.4, -0.2) is 12.0 Å². The quantitative estimate of drug-likeness (QED) is 0.696. The van der Waals surface area contributed by atoms with Gasteiger partial charge < -0.3 is 15.8 Å². The van der Waals surface area contributed by atoms with Gasteiger partial charge in [0, 0.05) is 11.3 Å². The van der Waals surface area contributed by atoms with E-state index >= 15 is 0 Å². The lowest BCUT2D eigenvalue weighted by Crippen LogP contribution is -2.16. The zero-order valence-electron chi connectivity index (χ0n) is 14.9. The van der Waals surface area contributed by atoms with Gasteiger partial charge in [-0.15, -0.1) is 0 Å². The largest absolute Gasteiger partial charge is 0.411 e. The van der Waals surface area contributed by atoms with Crippen LogP contribution < -0.4 is 15.8 Å². The topological polar surface area (TPSA) is 81.4 Å². The Labute approximate surface area is 157 Å². The van der Waals surface area contributed by atoms with Crippen LogP contribution in [0.1, 0.15) is 22.8 Å². The Bertz CT molecular complexity index is 948. The Morgan fingerprint density at radius 2 is 1.59 bits per heavy atom. The van der Waals surface area contributed by atoms with E-state index in [2.05, 4.69) is 24.4 Å². The monoisotopic (exact) mass is 360 g/mol. The number of hydrogen-bond donors (Lipinski definition) is 2. The molecule has 0 aliphatic heterocycles. The van der Waals surface area contributed by atoms with Crippen molar-refractivity contribution in [2.45, 2.75) is 13.3 Å². The number of primary amides is 1. The van der Waals surface area contributed by atoms with E-state index in [0.29, 0.717) is 17.0 Å². The molecule has 0 saturated heterocycles. The second-order valence-corrected chi connectivity index (χ2v) is 6.00. The highest BCUT2D eigenvalue weighted by molar-refractivity contribution is 6.08. The van der Waals surface area contributed by atoms with Gasteiger partial charge in [0.25, 0.3) is 5.91 Å². The van der Waals surface area contributed by atoms with Crippen LogP contribution in [0.4, 0.5) is 10.5 Å². The standard InChI is InChI=1S/C22H20N2O3/c1-2-15-7-9-16(10-8-15)19-5-3-4-6-20(19)21(25)24-17-11-13-18(14-12-17)27-22(23)26/h3-14H,2H2,1H3,(H2,23,26)(H,24,25). The minimum Gasteiger partial charge on any atom is -0.411 e. The zero-order valence-corrected chi connectivity index (χ0v) is 14.9. The molecule has 0 spiro atoms. The molecular weight excluding hydrogens is 340 g/mol. The van der Waals surface area contributed by atoms with Gasteiger partial charge in [0.05, 0.1) is 0 Å². The SMILES string of the molecule is CCc1ccc(-c2ccccc2C(=O)Nc2ccc(OC(N)=O)cc2)cc1. The molecule has 5 heteroatoms. The number of amides is 2. The zero-order chi connectivity index (χ0) is 19.2. The molecule has 0 unspecified atom stereocenters. The second-order valence-electron chi connectivity index (χ2n) is 6.00. The minimum atomic E-state index is -0.880. The summed E-state index contributed by atoms with van der Waals surface area (Å²) in [5.74, 6) is 0.102. The van der Waals surface area contributed by atoms with E-state index < -0.39 is 6.09 Å². The van der Waals surface area contributed by atoms with Crippen molar-refractivity contribution in [1.29, 1.82) is 0 Å². The summed E-state index contributed by atoms with van der Waals surface area (Å²) in [5, 5.41) is 2.86. The number of anilines is 1. The number of ether oxygens (including phenoxy) is 1. The first-order chi connectivity index (χ1) is 13.1. The molecule has 2 amide bonds. The molecule has 0 aliphatic carbocycles. The molecule has 0 heterocycles. The normalized spacial score (nSPS) is 10.3. The summed E-state index contributed by atoms with van der Waals surface area (Å²) in [7, 11) is 0. The lowest BCUT2D eigenvalue weighted by Gasteiger charge is -2.11. The van der Waals surface area contributed by atoms with Gasteiger partial charge in [-0.3, -0.25) is 4.79 Å². The summed E-state index contributed by atoms with van der Waals surface area (Å²) in [6.45, 7) is 2.11. The molecule has 0 atom stereocenters. The summed E-state index contributed by atoms with van der Waals surface area (Å²) >= 11 is 0. The molecular formula is C22H20N2O3. The first-order valence-electron chi connectivity index (χ1n) is 8.64. The fourth-order valence-electron chi connectivity index (χ4n) is 2.77. The van der Waals surface area contributed by atoms with E-state index in [1.54, 1.807) is 30.3 Å². The Morgan fingerprint density at radius 3 is 2.22 bits per heavy atom. The average Bonchev–Trinajstić information content (AvgIpc) is 2.69. The van der Waals surface area contributed by atoms with Crippen molar-refractivity contribution < 1.29 is 14.3 Å². The van der Waals surface area contributed by atoms with Gasteiger partial charge in [-0.05, 0) is 53.4 Å². The highest BCUT2D eigenvalue weighted by Crippen LogP contribution is 2.25. The maximum absolute atomic E-state index is 12.8. The van der Waals surface area contributed by atoms with Gasteiger partial charge in [0.15, 0.2) is 0 Å². The molecule has 27 heavy (non-hydrogen) atoms. The van der Waals surface area contributed by atoms with Crippen LogP contribution in [0, 0.1) is 0 Å². The number of carbonyl (C=O) groups is 2. The van der Waals surface area contributed by atoms with Crippen LogP contribution in [0.5, 0.6) is 5.75 Å². The van der Waals surface area contributed by atoms with Crippen LogP contribution in [0.15, 0.2) is 72.8 Å². The lowest BCUT2D eigenvalue weighted by atomic mass is 9.98. The van der Waals surface area contributed by atoms with Gasteiger partial charge in [0.2, 0.25) is 0 Å². The molecule has 0 aliphatic rings. The fourth-order valence-corrected chi connectivity index (χ4v) is 2.77. The predicted octanol–water partition coefficient (Wildman–Crippen LogP) is 4.63. The minimum absolute atomic E-state index is 0.214. The molecule has 0 radical (unpaired) electrons. The van der Waals surface area contributed by atoms with E-state index in [1.807, 2.05) is 30.3 Å². The van der Waals surface area contributed by atoms with Gasteiger partial charge in [0.1, 0.15) is 5.75 Å². The summed E-state index contributed by atoms with van der Waals surface area (Å²) in [5.41, 5.74) is 9.26. The van der Waals surface area contributed by atoms with Gasteiger partial charge in [-0.2, -0.15) is 0 Å². The smallest absolute Gasteiger partial charge is 0.409 e. The molecule has 0 saturated carbocycles. The number of nitrogens with two attached hydrogens (primary N) is 1. The molecule has 5 nitrogen and oxygen atoms in total. The van der Waals surface area contributed by atoms with Crippen molar-refractivity contribution in [3.63, 3.8) is 0 Å². The first kappa shape index (κ1) is 18.2. The number of benzene rings is 3. The van der Waals surface area contributed by atoms with Crippen molar-refractivity contribution in [2.24, 2.45) is 5.73 Å². The summed E-state index contributed by atoms with van der Waals surface area (Å²) < 4.78 is 4.78. The van der Waals surface area contributed by atoms with Crippen molar-refractivity contribution in [3.05, 3.63) is 83.9 Å². The average molecular weight is 360 g/mol. The number of rotatable bonds is 5. The maximum atomic E-state index is 12.8. The molecule has 136 valence electrons. The molecule has 0 aromatic heterocycles. The highest BCUT2D eigenvalue weighted by Gasteiger charge is 2.13. The Kier molecular flexibility index (Phi) is 5.52. The third kappa shape index (κ3) is 4.52. The Balaban J connectivity index is 1.81. The third-order valence-electron chi connectivity index (χ3n) is 4.18. The van der Waals surface area contributed by atoms with Gasteiger partial charge in [-0.1, -0.05) is 49.4 Å². The predicted molar refractivity (Wildman–Crippen MR) is 106 cm³/mol. The number of aryl methyl sites for hydroxylation is 1. The molecule has 3 aromatic rings. The Hall–Kier alpha value is -3.60. The molecule has 3 N–H and O–H groups in total. The van der Waals surface area contributed by atoms with E-state index in [-0.39, 0.29) is 5.91 Å². The Morgan fingerprint density at radius 1 is 0.926 bits per heavy atom.